The number of H-pyrrole nitrogens is 1. The molecular weight excluding hydrogens is 436 g/mol. The van der Waals surface area contributed by atoms with Crippen molar-refractivity contribution in [3.8, 4) is 11.3 Å². The predicted octanol–water partition coefficient (Wildman–Crippen LogP) is 5.32. The molecule has 170 valence electrons. The van der Waals surface area contributed by atoms with E-state index in [0.717, 1.165) is 16.5 Å². The molecule has 1 amide bonds. The Morgan fingerprint density at radius 1 is 1.09 bits per heavy atom. The van der Waals surface area contributed by atoms with Crippen LogP contribution >= 0.6 is 0 Å². The molecule has 33 heavy (non-hydrogen) atoms. The van der Waals surface area contributed by atoms with Gasteiger partial charge in [-0.1, -0.05) is 18.2 Å². The lowest BCUT2D eigenvalue weighted by Gasteiger charge is -2.24. The first-order valence-corrected chi connectivity index (χ1v) is 10.2. The summed E-state index contributed by atoms with van der Waals surface area (Å²) >= 11 is 0. The molecule has 0 saturated carbocycles. The number of halogens is 4. The Morgan fingerprint density at radius 2 is 1.85 bits per heavy atom. The van der Waals surface area contributed by atoms with Crippen LogP contribution in [0.5, 0.6) is 0 Å². The Kier molecular flexibility index (Phi) is 6.13. The number of aryl methyl sites for hydroxylation is 1. The topological polar surface area (TPSA) is 61.9 Å². The molecule has 2 heterocycles. The molecule has 0 aliphatic heterocycles. The maximum atomic E-state index is 13.9. The van der Waals surface area contributed by atoms with Crippen LogP contribution in [0.1, 0.15) is 21.6 Å². The van der Waals surface area contributed by atoms with E-state index in [0.29, 0.717) is 10.5 Å². The van der Waals surface area contributed by atoms with Crippen LogP contribution in [0.25, 0.3) is 22.2 Å². The normalized spacial score (nSPS) is 11.7. The second-order valence-corrected chi connectivity index (χ2v) is 7.72. The van der Waals surface area contributed by atoms with Crippen LogP contribution < -0.4 is 0 Å². The van der Waals surface area contributed by atoms with E-state index in [1.165, 1.54) is 24.5 Å². The number of fused-ring (bicyclic) bond motifs is 1. The molecule has 5 nitrogen and oxygen atoms in total. The summed E-state index contributed by atoms with van der Waals surface area (Å²) in [6, 6.07) is 11.5. The number of aromatic amines is 1. The number of hydrogen-bond donors (Lipinski definition) is 1. The molecule has 4 aromatic rings. The minimum absolute atomic E-state index is 0.0318. The number of carbonyl (C=O) groups excluding carboxylic acids is 1. The molecule has 0 spiro atoms. The smallest absolute Gasteiger partial charge is 0.361 e. The van der Waals surface area contributed by atoms with Crippen molar-refractivity contribution < 1.29 is 22.4 Å². The molecule has 0 aliphatic carbocycles. The van der Waals surface area contributed by atoms with Crippen LogP contribution in [0.3, 0.4) is 0 Å². The van der Waals surface area contributed by atoms with Gasteiger partial charge in [0.1, 0.15) is 18.1 Å². The number of nitrogens with one attached hydrogen (secondary N) is 1. The second-order valence-electron chi connectivity index (χ2n) is 7.72. The molecule has 2 aromatic carbocycles. The van der Waals surface area contributed by atoms with Crippen molar-refractivity contribution in [2.24, 2.45) is 0 Å². The van der Waals surface area contributed by atoms with Crippen molar-refractivity contribution in [3.05, 3.63) is 83.7 Å². The maximum absolute atomic E-state index is 13.9. The van der Waals surface area contributed by atoms with E-state index in [1.807, 2.05) is 24.3 Å². The zero-order chi connectivity index (χ0) is 23.6. The number of rotatable bonds is 6. The van der Waals surface area contributed by atoms with Gasteiger partial charge < -0.3 is 9.88 Å². The Labute approximate surface area is 187 Å². The Hall–Kier alpha value is -3.75. The largest absolute Gasteiger partial charge is 0.406 e. The molecule has 0 saturated heterocycles. The van der Waals surface area contributed by atoms with Gasteiger partial charge in [-0.15, -0.1) is 0 Å². The van der Waals surface area contributed by atoms with Crippen molar-refractivity contribution in [3.63, 3.8) is 0 Å². The second kappa shape index (κ2) is 9.01. The molecular formula is C24H20F4N4O. The van der Waals surface area contributed by atoms with Gasteiger partial charge in [0, 0.05) is 41.6 Å². The van der Waals surface area contributed by atoms with Gasteiger partial charge in [-0.3, -0.25) is 9.78 Å². The van der Waals surface area contributed by atoms with Gasteiger partial charge >= 0.3 is 6.18 Å². The lowest BCUT2D eigenvalue weighted by molar-refractivity contribution is -0.140. The van der Waals surface area contributed by atoms with E-state index < -0.39 is 24.4 Å². The fourth-order valence-corrected chi connectivity index (χ4v) is 3.79. The summed E-state index contributed by atoms with van der Waals surface area (Å²) in [5, 5.41) is 0.882. The van der Waals surface area contributed by atoms with Gasteiger partial charge in [0.15, 0.2) is 5.69 Å². The summed E-state index contributed by atoms with van der Waals surface area (Å²) in [7, 11) is 0. The van der Waals surface area contributed by atoms with Crippen LogP contribution in [-0.4, -0.2) is 45.0 Å². The van der Waals surface area contributed by atoms with E-state index in [9.17, 15) is 22.4 Å². The number of carbonyl (C=O) groups is 1. The molecule has 0 radical (unpaired) electrons. The van der Waals surface area contributed by atoms with Gasteiger partial charge in [0.05, 0.1) is 0 Å². The van der Waals surface area contributed by atoms with Gasteiger partial charge in [-0.2, -0.15) is 13.2 Å². The molecule has 0 atom stereocenters. The van der Waals surface area contributed by atoms with Crippen LogP contribution in [-0.2, 0) is 6.42 Å². The zero-order valence-electron chi connectivity index (χ0n) is 17.7. The summed E-state index contributed by atoms with van der Waals surface area (Å²) in [4.78, 5) is 25.1. The summed E-state index contributed by atoms with van der Waals surface area (Å²) in [6.45, 7) is 0.0480. The Bertz CT molecular complexity index is 1280. The summed E-state index contributed by atoms with van der Waals surface area (Å²) in [5.41, 5.74) is 2.28. The average molecular weight is 456 g/mol. The van der Waals surface area contributed by atoms with Crippen LogP contribution in [0.15, 0.2) is 61.1 Å². The minimum atomic E-state index is -4.60. The van der Waals surface area contributed by atoms with Crippen LogP contribution in [0, 0.1) is 12.7 Å². The maximum Gasteiger partial charge on any atom is 0.406 e. The Balaban J connectivity index is 1.66. The first-order chi connectivity index (χ1) is 15.7. The highest BCUT2D eigenvalue weighted by atomic mass is 19.4. The lowest BCUT2D eigenvalue weighted by atomic mass is 10.1. The third kappa shape index (κ3) is 5.19. The molecule has 0 unspecified atom stereocenters. The van der Waals surface area contributed by atoms with E-state index in [1.54, 1.807) is 19.2 Å². The highest BCUT2D eigenvalue weighted by Gasteiger charge is 2.34. The molecule has 0 fully saturated rings. The lowest BCUT2D eigenvalue weighted by Crippen LogP contribution is -2.40. The number of nitrogens with zero attached hydrogens (tertiary/aromatic N) is 3. The van der Waals surface area contributed by atoms with Crippen molar-refractivity contribution in [1.29, 1.82) is 0 Å². The fraction of sp³-hybridized carbons (Fsp3) is 0.208. The van der Waals surface area contributed by atoms with Crippen molar-refractivity contribution >= 4 is 16.8 Å². The summed E-state index contributed by atoms with van der Waals surface area (Å²) in [6.07, 6.45) is -0.126. The average Bonchev–Trinajstić information content (AvgIpc) is 3.18. The number of aromatic nitrogens is 3. The number of alkyl halides is 3. The van der Waals surface area contributed by atoms with Gasteiger partial charge in [-0.05, 0) is 48.7 Å². The van der Waals surface area contributed by atoms with Gasteiger partial charge in [0.2, 0.25) is 0 Å². The molecule has 0 aliphatic rings. The standard InChI is InChI=1S/C24H20F4N4O/c1-15-10-17(12-18(25)11-15)21-22(30-8-7-29-21)23(33)32(14-24(26,27)28)9-6-16-13-31-20-5-3-2-4-19(16)20/h2-5,7-8,10-13,31H,6,9,14H2,1H3. The number of benzene rings is 2. The first kappa shape index (κ1) is 22.4. The van der Waals surface area contributed by atoms with Gasteiger partial charge in [-0.25, -0.2) is 9.37 Å². The monoisotopic (exact) mass is 456 g/mol. The molecule has 0 bridgehead atoms. The third-order valence-corrected chi connectivity index (χ3v) is 5.20. The van der Waals surface area contributed by atoms with E-state index in [2.05, 4.69) is 15.0 Å². The van der Waals surface area contributed by atoms with Crippen LogP contribution in [0.2, 0.25) is 0 Å². The Morgan fingerprint density at radius 3 is 2.61 bits per heavy atom. The predicted molar refractivity (Wildman–Crippen MR) is 116 cm³/mol. The minimum Gasteiger partial charge on any atom is -0.361 e. The SMILES string of the molecule is Cc1cc(F)cc(-c2nccnc2C(=O)N(CCc2c[nH]c3ccccc23)CC(F)(F)F)c1. The van der Waals surface area contributed by atoms with E-state index in [-0.39, 0.29) is 29.9 Å². The molecule has 2 aromatic heterocycles. The van der Waals surface area contributed by atoms with Crippen molar-refractivity contribution in [2.45, 2.75) is 19.5 Å². The summed E-state index contributed by atoms with van der Waals surface area (Å²) in [5.74, 6) is -1.46. The highest BCUT2D eigenvalue weighted by Crippen LogP contribution is 2.26. The van der Waals surface area contributed by atoms with Crippen LogP contribution in [0.4, 0.5) is 17.6 Å². The molecule has 9 heteroatoms. The van der Waals surface area contributed by atoms with E-state index in [4.69, 9.17) is 0 Å². The third-order valence-electron chi connectivity index (χ3n) is 5.20. The fourth-order valence-electron chi connectivity index (χ4n) is 3.79. The van der Waals surface area contributed by atoms with Gasteiger partial charge in [0.25, 0.3) is 5.91 Å². The van der Waals surface area contributed by atoms with Crippen molar-refractivity contribution in [2.75, 3.05) is 13.1 Å². The van der Waals surface area contributed by atoms with Crippen molar-refractivity contribution in [1.82, 2.24) is 19.9 Å². The molecule has 4 rings (SSSR count). The quantitative estimate of drug-likeness (QED) is 0.400. The van der Waals surface area contributed by atoms with E-state index >= 15 is 0 Å². The molecule has 1 N–H and O–H groups in total. The highest BCUT2D eigenvalue weighted by molar-refractivity contribution is 5.98. The summed E-state index contributed by atoms with van der Waals surface area (Å²) < 4.78 is 54.0. The number of amides is 1. The first-order valence-electron chi connectivity index (χ1n) is 10.2. The number of para-hydroxylation sites is 1. The number of hydrogen-bond acceptors (Lipinski definition) is 3. The zero-order valence-corrected chi connectivity index (χ0v) is 17.7.